The third-order valence-corrected chi connectivity index (χ3v) is 7.25. The Balaban J connectivity index is 1.52. The molecular weight excluding hydrogens is 483 g/mol. The molecule has 196 valence electrons. The standard InChI is InChI=1S/C29H31FN6O2/c1-29(2,3)38-28(37)36-12-9-17(10-13-36)25-24-23-20(8-11-31-27(23)33-25)21-14-19(30)6-7-22(21)35(5)26(24)18-15-32-34(4)16-18/h6-9,11,14-16,26H,10,12-13H2,1-5H3,(H,31,33). The maximum Gasteiger partial charge on any atom is 0.410 e. The van der Waals surface area contributed by atoms with Crippen LogP contribution in [0.3, 0.4) is 0 Å². The molecule has 1 aromatic carbocycles. The number of rotatable bonds is 2. The molecule has 8 nitrogen and oxygen atoms in total. The van der Waals surface area contributed by atoms with Crippen LogP contribution in [0.2, 0.25) is 0 Å². The van der Waals surface area contributed by atoms with E-state index in [1.54, 1.807) is 21.8 Å². The Morgan fingerprint density at radius 3 is 2.68 bits per heavy atom. The van der Waals surface area contributed by atoms with Gasteiger partial charge in [0.15, 0.2) is 0 Å². The van der Waals surface area contributed by atoms with Gasteiger partial charge in [-0.05, 0) is 62.6 Å². The third-order valence-electron chi connectivity index (χ3n) is 7.25. The predicted molar refractivity (Wildman–Crippen MR) is 145 cm³/mol. The van der Waals surface area contributed by atoms with Crippen LogP contribution in [-0.4, -0.2) is 56.5 Å². The van der Waals surface area contributed by atoms with E-state index in [-0.39, 0.29) is 18.0 Å². The number of hydrogen-bond donors (Lipinski definition) is 1. The number of fused-ring (bicyclic) bond motifs is 2. The summed E-state index contributed by atoms with van der Waals surface area (Å²) in [6.45, 7) is 6.63. The molecule has 0 spiro atoms. The van der Waals surface area contributed by atoms with Crippen molar-refractivity contribution in [2.45, 2.75) is 38.8 Å². The number of amides is 1. The topological polar surface area (TPSA) is 79.3 Å². The van der Waals surface area contributed by atoms with E-state index in [1.807, 2.05) is 59.4 Å². The molecule has 2 aliphatic heterocycles. The van der Waals surface area contributed by atoms with Crippen LogP contribution < -0.4 is 4.90 Å². The quantitative estimate of drug-likeness (QED) is 0.373. The van der Waals surface area contributed by atoms with E-state index >= 15 is 0 Å². The number of halogens is 1. The molecule has 0 saturated heterocycles. The van der Waals surface area contributed by atoms with Crippen LogP contribution in [-0.2, 0) is 11.8 Å². The molecule has 0 bridgehead atoms. The Hall–Kier alpha value is -4.14. The fourth-order valence-corrected chi connectivity index (χ4v) is 5.62. The molecule has 3 aromatic heterocycles. The Bertz CT molecular complexity index is 1590. The van der Waals surface area contributed by atoms with Gasteiger partial charge in [0, 0.05) is 73.0 Å². The molecule has 1 atom stereocenters. The minimum Gasteiger partial charge on any atom is -0.444 e. The van der Waals surface area contributed by atoms with Crippen molar-refractivity contribution in [2.24, 2.45) is 7.05 Å². The van der Waals surface area contributed by atoms with E-state index in [4.69, 9.17) is 4.74 Å². The molecule has 1 amide bonds. The van der Waals surface area contributed by atoms with Crippen molar-refractivity contribution in [3.8, 4) is 11.1 Å². The Labute approximate surface area is 220 Å². The van der Waals surface area contributed by atoms with Crippen LogP contribution in [0.25, 0.3) is 27.7 Å². The highest BCUT2D eigenvalue weighted by molar-refractivity contribution is 6.04. The van der Waals surface area contributed by atoms with Gasteiger partial charge in [-0.2, -0.15) is 5.10 Å². The Kier molecular flexibility index (Phi) is 5.55. The largest absolute Gasteiger partial charge is 0.444 e. The number of carbonyl (C=O) groups is 1. The second kappa shape index (κ2) is 8.72. The van der Waals surface area contributed by atoms with Crippen molar-refractivity contribution >= 4 is 28.4 Å². The van der Waals surface area contributed by atoms with Gasteiger partial charge in [0.1, 0.15) is 17.1 Å². The fourth-order valence-electron chi connectivity index (χ4n) is 5.62. The molecule has 0 fully saturated rings. The normalized spacial score (nSPS) is 17.3. The summed E-state index contributed by atoms with van der Waals surface area (Å²) in [5.74, 6) is -0.281. The maximum absolute atomic E-state index is 14.5. The summed E-state index contributed by atoms with van der Waals surface area (Å²) >= 11 is 0. The number of aromatic amines is 1. The monoisotopic (exact) mass is 514 g/mol. The summed E-state index contributed by atoms with van der Waals surface area (Å²) in [6.07, 6.45) is 8.12. The number of benzene rings is 1. The number of aromatic nitrogens is 4. The van der Waals surface area contributed by atoms with Crippen molar-refractivity contribution < 1.29 is 13.9 Å². The van der Waals surface area contributed by atoms with Crippen molar-refractivity contribution in [1.29, 1.82) is 0 Å². The molecule has 9 heteroatoms. The van der Waals surface area contributed by atoms with Crippen LogP contribution in [0.5, 0.6) is 0 Å². The number of hydrogen-bond acceptors (Lipinski definition) is 5. The summed E-state index contributed by atoms with van der Waals surface area (Å²) in [5.41, 5.74) is 7.10. The van der Waals surface area contributed by atoms with E-state index in [1.165, 1.54) is 6.07 Å². The lowest BCUT2D eigenvalue weighted by Crippen LogP contribution is -2.39. The summed E-state index contributed by atoms with van der Waals surface area (Å²) in [5, 5.41) is 5.44. The third kappa shape index (κ3) is 4.02. The molecule has 6 rings (SSSR count). The van der Waals surface area contributed by atoms with Crippen LogP contribution >= 0.6 is 0 Å². The Morgan fingerprint density at radius 1 is 1.18 bits per heavy atom. The maximum atomic E-state index is 14.5. The molecule has 0 saturated carbocycles. The van der Waals surface area contributed by atoms with Gasteiger partial charge in [-0.3, -0.25) is 4.68 Å². The van der Waals surface area contributed by atoms with Crippen molar-refractivity contribution in [2.75, 3.05) is 25.0 Å². The number of aryl methyl sites for hydroxylation is 1. The fraction of sp³-hybridized carbons (Fsp3) is 0.345. The number of nitrogens with one attached hydrogen (secondary N) is 1. The predicted octanol–water partition coefficient (Wildman–Crippen LogP) is 5.67. The van der Waals surface area contributed by atoms with Crippen molar-refractivity contribution in [3.05, 3.63) is 71.6 Å². The number of ether oxygens (including phenoxy) is 1. The lowest BCUT2D eigenvalue weighted by Gasteiger charge is -2.32. The average Bonchev–Trinajstić information content (AvgIpc) is 3.44. The zero-order valence-electron chi connectivity index (χ0n) is 22.2. The first-order chi connectivity index (χ1) is 18.1. The summed E-state index contributed by atoms with van der Waals surface area (Å²) in [4.78, 5) is 24.8. The van der Waals surface area contributed by atoms with Crippen LogP contribution in [0.1, 0.15) is 50.1 Å². The molecular formula is C29H31FN6O2. The molecule has 2 aliphatic rings. The van der Waals surface area contributed by atoms with Gasteiger partial charge < -0.3 is 19.5 Å². The minimum absolute atomic E-state index is 0.188. The van der Waals surface area contributed by atoms with Gasteiger partial charge in [-0.15, -0.1) is 0 Å². The van der Waals surface area contributed by atoms with Gasteiger partial charge >= 0.3 is 6.09 Å². The van der Waals surface area contributed by atoms with Crippen LogP contribution in [0.4, 0.5) is 14.9 Å². The van der Waals surface area contributed by atoms with E-state index in [2.05, 4.69) is 26.0 Å². The minimum atomic E-state index is -0.543. The SMILES string of the molecule is CN1c2ccc(F)cc2-c2ccnc3[nH]c(C4=CCN(C(=O)OC(C)(C)C)CC4)c(c23)C1c1cnn(C)c1. The molecule has 1 unspecified atom stereocenters. The molecule has 4 aromatic rings. The van der Waals surface area contributed by atoms with Crippen LogP contribution in [0, 0.1) is 5.82 Å². The zero-order valence-corrected chi connectivity index (χ0v) is 22.2. The first-order valence-corrected chi connectivity index (χ1v) is 12.8. The molecule has 0 radical (unpaired) electrons. The summed E-state index contributed by atoms with van der Waals surface area (Å²) in [7, 11) is 3.94. The first-order valence-electron chi connectivity index (χ1n) is 12.8. The van der Waals surface area contributed by atoms with E-state index in [0.717, 1.165) is 50.2 Å². The van der Waals surface area contributed by atoms with Gasteiger partial charge in [-0.1, -0.05) is 6.08 Å². The number of H-pyrrole nitrogens is 1. The second-order valence-electron chi connectivity index (χ2n) is 11.0. The average molecular weight is 515 g/mol. The smallest absolute Gasteiger partial charge is 0.410 e. The first kappa shape index (κ1) is 24.2. The van der Waals surface area contributed by atoms with Crippen molar-refractivity contribution in [3.63, 3.8) is 0 Å². The molecule has 0 aliphatic carbocycles. The van der Waals surface area contributed by atoms with Crippen molar-refractivity contribution in [1.82, 2.24) is 24.6 Å². The summed E-state index contributed by atoms with van der Waals surface area (Å²) in [6, 6.07) is 6.72. The van der Waals surface area contributed by atoms with Gasteiger partial charge in [-0.25, -0.2) is 14.2 Å². The molecule has 38 heavy (non-hydrogen) atoms. The Morgan fingerprint density at radius 2 is 2.00 bits per heavy atom. The molecule has 5 heterocycles. The van der Waals surface area contributed by atoms with E-state index in [9.17, 15) is 9.18 Å². The highest BCUT2D eigenvalue weighted by atomic mass is 19.1. The van der Waals surface area contributed by atoms with E-state index < -0.39 is 5.60 Å². The summed E-state index contributed by atoms with van der Waals surface area (Å²) < 4.78 is 21.9. The highest BCUT2D eigenvalue weighted by Crippen LogP contribution is 2.49. The lowest BCUT2D eigenvalue weighted by molar-refractivity contribution is 0.0270. The van der Waals surface area contributed by atoms with Gasteiger partial charge in [0.05, 0.1) is 12.2 Å². The molecule has 1 N–H and O–H groups in total. The number of carbonyl (C=O) groups excluding carboxylic acids is 1. The zero-order chi connectivity index (χ0) is 26.8. The second-order valence-corrected chi connectivity index (χ2v) is 11.0. The lowest BCUT2D eigenvalue weighted by atomic mass is 9.92. The van der Waals surface area contributed by atoms with E-state index in [0.29, 0.717) is 19.5 Å². The number of anilines is 1. The van der Waals surface area contributed by atoms with Crippen LogP contribution in [0.15, 0.2) is 48.9 Å². The highest BCUT2D eigenvalue weighted by Gasteiger charge is 2.35. The van der Waals surface area contributed by atoms with Gasteiger partial charge in [0.25, 0.3) is 0 Å². The number of pyridine rings is 1. The number of nitrogens with zero attached hydrogens (tertiary/aromatic N) is 5. The van der Waals surface area contributed by atoms with Gasteiger partial charge in [0.2, 0.25) is 0 Å².